The zero-order valence-electron chi connectivity index (χ0n) is 13.8. The lowest BCUT2D eigenvalue weighted by Crippen LogP contribution is -2.55. The topological polar surface area (TPSA) is 35.9 Å². The average molecular weight is 310 g/mol. The first kappa shape index (κ1) is 17.2. The van der Waals surface area contributed by atoms with Gasteiger partial charge in [-0.05, 0) is 38.5 Å². The van der Waals surface area contributed by atoms with Crippen LogP contribution in [0.4, 0.5) is 4.39 Å². The van der Waals surface area contributed by atoms with Gasteiger partial charge in [-0.2, -0.15) is 0 Å². The Morgan fingerprint density at radius 3 is 2.77 bits per heavy atom. The van der Waals surface area contributed by atoms with Gasteiger partial charge in [-0.3, -0.25) is 9.80 Å². The van der Waals surface area contributed by atoms with Gasteiger partial charge in [-0.25, -0.2) is 4.39 Å². The van der Waals surface area contributed by atoms with Crippen molar-refractivity contribution < 1.29 is 14.2 Å². The van der Waals surface area contributed by atoms with Crippen LogP contribution >= 0.6 is 0 Å². The summed E-state index contributed by atoms with van der Waals surface area (Å²) >= 11 is 0. The summed E-state index contributed by atoms with van der Waals surface area (Å²) in [6.45, 7) is 7.86. The van der Waals surface area contributed by atoms with E-state index >= 15 is 0 Å². The molecule has 1 N–H and O–H groups in total. The molecule has 124 valence electrons. The molecule has 1 fully saturated rings. The molecule has 1 aromatic carbocycles. The van der Waals surface area contributed by atoms with Gasteiger partial charge in [0.05, 0.1) is 7.11 Å². The van der Waals surface area contributed by atoms with Gasteiger partial charge in [-0.1, -0.05) is 0 Å². The number of aliphatic hydroxyl groups is 1. The Balaban J connectivity index is 2.05. The molecule has 0 spiro atoms. The highest BCUT2D eigenvalue weighted by Gasteiger charge is 2.28. The van der Waals surface area contributed by atoms with Crippen molar-refractivity contribution in [1.82, 2.24) is 9.80 Å². The predicted octanol–water partition coefficient (Wildman–Crippen LogP) is 2.11. The van der Waals surface area contributed by atoms with E-state index in [2.05, 4.69) is 23.6 Å². The molecule has 1 aliphatic heterocycles. The average Bonchev–Trinajstić information content (AvgIpc) is 2.50. The molecule has 0 saturated carbocycles. The highest BCUT2D eigenvalue weighted by atomic mass is 19.1. The van der Waals surface area contributed by atoms with E-state index in [0.717, 1.165) is 26.1 Å². The smallest absolute Gasteiger partial charge is 0.127 e. The van der Waals surface area contributed by atoms with Crippen molar-refractivity contribution in [2.24, 2.45) is 0 Å². The molecule has 1 aliphatic rings. The number of hydrogen-bond donors (Lipinski definition) is 1. The summed E-state index contributed by atoms with van der Waals surface area (Å²) in [5, 5.41) is 9.28. The summed E-state index contributed by atoms with van der Waals surface area (Å²) in [5.74, 6) is 0.495. The second-order valence-corrected chi connectivity index (χ2v) is 6.19. The van der Waals surface area contributed by atoms with E-state index in [-0.39, 0.29) is 12.4 Å². The predicted molar refractivity (Wildman–Crippen MR) is 85.6 cm³/mol. The highest BCUT2D eigenvalue weighted by Crippen LogP contribution is 2.21. The Morgan fingerprint density at radius 2 is 2.14 bits per heavy atom. The molecule has 0 aromatic heterocycles. The molecule has 2 rings (SSSR count). The summed E-state index contributed by atoms with van der Waals surface area (Å²) in [6, 6.07) is 5.67. The van der Waals surface area contributed by atoms with Gasteiger partial charge in [0.15, 0.2) is 0 Å². The van der Waals surface area contributed by atoms with E-state index in [1.165, 1.54) is 6.07 Å². The van der Waals surface area contributed by atoms with Crippen LogP contribution in [0, 0.1) is 5.82 Å². The Labute approximate surface area is 132 Å². The molecular formula is C17H27FN2O2. The quantitative estimate of drug-likeness (QED) is 0.873. The van der Waals surface area contributed by atoms with E-state index < -0.39 is 0 Å². The lowest BCUT2D eigenvalue weighted by atomic mass is 10.1. The zero-order chi connectivity index (χ0) is 16.1. The van der Waals surface area contributed by atoms with Crippen LogP contribution in [0.2, 0.25) is 0 Å². The van der Waals surface area contributed by atoms with E-state index in [0.29, 0.717) is 29.9 Å². The second-order valence-electron chi connectivity index (χ2n) is 6.19. The van der Waals surface area contributed by atoms with Gasteiger partial charge in [-0.15, -0.1) is 0 Å². The molecule has 0 bridgehead atoms. The minimum atomic E-state index is -0.189. The van der Waals surface area contributed by atoms with Gasteiger partial charge in [0.25, 0.3) is 0 Å². The van der Waals surface area contributed by atoms with Crippen molar-refractivity contribution in [1.29, 1.82) is 0 Å². The van der Waals surface area contributed by atoms with Gasteiger partial charge < -0.3 is 9.84 Å². The normalized spacial score (nSPS) is 20.5. The highest BCUT2D eigenvalue weighted by molar-refractivity contribution is 5.29. The summed E-state index contributed by atoms with van der Waals surface area (Å²) in [4.78, 5) is 4.69. The Kier molecular flexibility index (Phi) is 6.17. The van der Waals surface area contributed by atoms with Gasteiger partial charge in [0.2, 0.25) is 0 Å². The molecule has 0 amide bonds. The van der Waals surface area contributed by atoms with Crippen LogP contribution in [-0.2, 0) is 6.54 Å². The van der Waals surface area contributed by atoms with Crippen molar-refractivity contribution >= 4 is 0 Å². The Hall–Kier alpha value is -1.17. The van der Waals surface area contributed by atoms with Crippen molar-refractivity contribution in [3.63, 3.8) is 0 Å². The first-order valence-electron chi connectivity index (χ1n) is 7.96. The van der Waals surface area contributed by atoms with Crippen LogP contribution in [0.15, 0.2) is 18.2 Å². The van der Waals surface area contributed by atoms with E-state index in [9.17, 15) is 9.50 Å². The third-order valence-corrected chi connectivity index (χ3v) is 4.38. The van der Waals surface area contributed by atoms with Crippen molar-refractivity contribution in [3.05, 3.63) is 29.6 Å². The molecule has 1 heterocycles. The number of aliphatic hydroxyl groups excluding tert-OH is 1. The third kappa shape index (κ3) is 4.18. The molecule has 0 unspecified atom stereocenters. The number of nitrogens with zero attached hydrogens (tertiary/aromatic N) is 2. The summed E-state index contributed by atoms with van der Waals surface area (Å²) in [6.07, 6.45) is 0.759. The van der Waals surface area contributed by atoms with Crippen molar-refractivity contribution in [3.8, 4) is 5.75 Å². The molecule has 1 aromatic rings. The first-order valence-corrected chi connectivity index (χ1v) is 7.96. The second kappa shape index (κ2) is 7.90. The molecule has 0 aliphatic carbocycles. The Bertz CT molecular complexity index is 482. The van der Waals surface area contributed by atoms with E-state index in [1.807, 2.05) is 0 Å². The molecule has 1 saturated heterocycles. The molecule has 5 heteroatoms. The molecule has 0 radical (unpaired) electrons. The molecule has 22 heavy (non-hydrogen) atoms. The maximum atomic E-state index is 14.0. The van der Waals surface area contributed by atoms with Crippen molar-refractivity contribution in [2.75, 3.05) is 33.4 Å². The summed E-state index contributed by atoms with van der Waals surface area (Å²) < 4.78 is 19.2. The SMILES string of the molecule is COc1ccc(F)c(CN2CCN(C(C)C)[C@H](CCO)C2)c1. The summed E-state index contributed by atoms with van der Waals surface area (Å²) in [5.41, 5.74) is 0.667. The standard InChI is InChI=1S/C17H27FN2O2/c1-13(2)20-8-7-19(12-15(20)6-9-21)11-14-10-16(22-3)4-5-17(14)18/h4-5,10,13,15,21H,6-9,11-12H2,1-3H3/t15-/m1/s1. The van der Waals surface area contributed by atoms with Gasteiger partial charge in [0, 0.05) is 50.4 Å². The minimum Gasteiger partial charge on any atom is -0.497 e. The van der Waals surface area contributed by atoms with Crippen LogP contribution in [0.3, 0.4) is 0 Å². The maximum Gasteiger partial charge on any atom is 0.127 e. The van der Waals surface area contributed by atoms with Gasteiger partial charge >= 0.3 is 0 Å². The largest absolute Gasteiger partial charge is 0.497 e. The fourth-order valence-electron chi connectivity index (χ4n) is 3.20. The first-order chi connectivity index (χ1) is 10.5. The number of halogens is 1. The summed E-state index contributed by atoms with van der Waals surface area (Å²) in [7, 11) is 1.59. The maximum absolute atomic E-state index is 14.0. The van der Waals surface area contributed by atoms with E-state index in [1.54, 1.807) is 19.2 Å². The van der Waals surface area contributed by atoms with Crippen LogP contribution in [0.1, 0.15) is 25.8 Å². The monoisotopic (exact) mass is 310 g/mol. The van der Waals surface area contributed by atoms with Crippen LogP contribution in [0.25, 0.3) is 0 Å². The number of hydrogen-bond acceptors (Lipinski definition) is 4. The number of piperazine rings is 1. The van der Waals surface area contributed by atoms with Crippen LogP contribution < -0.4 is 4.74 Å². The molecule has 1 atom stereocenters. The zero-order valence-corrected chi connectivity index (χ0v) is 13.8. The Morgan fingerprint density at radius 1 is 1.36 bits per heavy atom. The molecular weight excluding hydrogens is 283 g/mol. The number of benzene rings is 1. The van der Waals surface area contributed by atoms with E-state index in [4.69, 9.17) is 4.74 Å². The minimum absolute atomic E-state index is 0.189. The fraction of sp³-hybridized carbons (Fsp3) is 0.647. The number of methoxy groups -OCH3 is 1. The number of ether oxygens (including phenoxy) is 1. The molecule has 4 nitrogen and oxygen atoms in total. The third-order valence-electron chi connectivity index (χ3n) is 4.38. The van der Waals surface area contributed by atoms with Gasteiger partial charge in [0.1, 0.15) is 11.6 Å². The van der Waals surface area contributed by atoms with Crippen LogP contribution in [-0.4, -0.2) is 60.3 Å². The van der Waals surface area contributed by atoms with Crippen LogP contribution in [0.5, 0.6) is 5.75 Å². The lowest BCUT2D eigenvalue weighted by molar-refractivity contribution is 0.0345. The number of rotatable bonds is 6. The lowest BCUT2D eigenvalue weighted by Gasteiger charge is -2.43. The van der Waals surface area contributed by atoms with Crippen molar-refractivity contribution in [2.45, 2.75) is 38.9 Å². The fourth-order valence-corrected chi connectivity index (χ4v) is 3.20.